The van der Waals surface area contributed by atoms with Gasteiger partial charge < -0.3 is 19.9 Å². The molecule has 0 unspecified atom stereocenters. The quantitative estimate of drug-likeness (QED) is 0.0632. The predicted octanol–water partition coefficient (Wildman–Crippen LogP) is 7.19. The Morgan fingerprint density at radius 1 is 1.04 bits per heavy atom. The number of aliphatic hydroxyl groups is 1. The molecule has 0 aromatic heterocycles. The van der Waals surface area contributed by atoms with E-state index in [0.29, 0.717) is 43.2 Å². The number of benzene rings is 4. The van der Waals surface area contributed by atoms with Gasteiger partial charge in [-0.3, -0.25) is 4.79 Å². The Hall–Kier alpha value is -4.63. The van der Waals surface area contributed by atoms with Gasteiger partial charge in [-0.25, -0.2) is 4.99 Å². The molecule has 9 nitrogen and oxygen atoms in total. The van der Waals surface area contributed by atoms with Crippen molar-refractivity contribution in [3.8, 4) is 5.75 Å². The molecule has 1 aliphatic heterocycles. The molecule has 4 aromatic rings. The molecule has 0 saturated heterocycles. The van der Waals surface area contributed by atoms with Gasteiger partial charge in [-0.1, -0.05) is 87.3 Å². The molecule has 0 radical (unpaired) electrons. The second kappa shape index (κ2) is 15.6. The summed E-state index contributed by atoms with van der Waals surface area (Å²) in [6.45, 7) is 3.07. The molecule has 0 saturated carbocycles. The number of rotatable bonds is 14. The molecule has 46 heavy (non-hydrogen) atoms. The first-order valence-electron chi connectivity index (χ1n) is 15.2. The van der Waals surface area contributed by atoms with Crippen LogP contribution in [-0.4, -0.2) is 42.2 Å². The van der Waals surface area contributed by atoms with Gasteiger partial charge in [-0.05, 0) is 77.5 Å². The summed E-state index contributed by atoms with van der Waals surface area (Å²) in [5.41, 5.74) is 13.1. The Labute approximate surface area is 277 Å². The van der Waals surface area contributed by atoms with E-state index in [1.54, 1.807) is 0 Å². The second-order valence-electron chi connectivity index (χ2n) is 11.2. The molecular formula is C36H36BrN5O4. The van der Waals surface area contributed by atoms with Gasteiger partial charge in [-0.2, -0.15) is 0 Å². The van der Waals surface area contributed by atoms with Gasteiger partial charge in [0.15, 0.2) is 11.6 Å². The highest BCUT2D eigenvalue weighted by Crippen LogP contribution is 2.43. The topological polar surface area (TPSA) is 129 Å². The number of azide groups is 1. The van der Waals surface area contributed by atoms with Crippen LogP contribution in [0.3, 0.4) is 0 Å². The maximum Gasteiger partial charge on any atom is 0.252 e. The van der Waals surface area contributed by atoms with E-state index in [0.717, 1.165) is 26.7 Å². The van der Waals surface area contributed by atoms with Gasteiger partial charge in [-0.15, -0.1) is 0 Å². The van der Waals surface area contributed by atoms with Crippen molar-refractivity contribution in [3.05, 3.63) is 145 Å². The van der Waals surface area contributed by atoms with Gasteiger partial charge in [0.1, 0.15) is 5.75 Å². The maximum absolute atomic E-state index is 14.5. The van der Waals surface area contributed by atoms with E-state index in [-0.39, 0.29) is 25.5 Å². The first-order chi connectivity index (χ1) is 22.4. The summed E-state index contributed by atoms with van der Waals surface area (Å²) in [7, 11) is 0. The van der Waals surface area contributed by atoms with Crippen LogP contribution in [0.4, 0.5) is 0 Å². The highest BCUT2D eigenvalue weighted by atomic mass is 79.9. The summed E-state index contributed by atoms with van der Waals surface area (Å²) in [5, 5.41) is 16.1. The van der Waals surface area contributed by atoms with E-state index < -0.39 is 11.6 Å². The third-order valence-corrected chi connectivity index (χ3v) is 8.43. The van der Waals surface area contributed by atoms with Crippen LogP contribution in [0.15, 0.2) is 112 Å². The number of ether oxygens (including phenoxy) is 2. The number of nitrogens with zero attached hydrogens (tertiary/aromatic N) is 4. The number of halogens is 1. The van der Waals surface area contributed by atoms with Crippen LogP contribution in [-0.2, 0) is 28.9 Å². The third kappa shape index (κ3) is 7.95. The van der Waals surface area contributed by atoms with Crippen molar-refractivity contribution >= 4 is 27.7 Å². The van der Waals surface area contributed by atoms with Crippen molar-refractivity contribution in [1.82, 2.24) is 5.32 Å². The Bertz CT molecular complexity index is 1700. The average molecular weight is 683 g/mol. The molecule has 2 atom stereocenters. The van der Waals surface area contributed by atoms with Gasteiger partial charge >= 0.3 is 0 Å². The lowest BCUT2D eigenvalue weighted by Gasteiger charge is -2.31. The van der Waals surface area contributed by atoms with Crippen LogP contribution in [0.1, 0.15) is 45.9 Å². The molecule has 0 spiro atoms. The van der Waals surface area contributed by atoms with Gasteiger partial charge in [0.05, 0.1) is 13.2 Å². The Morgan fingerprint density at radius 3 is 2.46 bits per heavy atom. The van der Waals surface area contributed by atoms with E-state index in [1.165, 1.54) is 5.56 Å². The van der Waals surface area contributed by atoms with Crippen molar-refractivity contribution in [2.24, 2.45) is 10.1 Å². The first-order valence-corrected chi connectivity index (χ1v) is 16.0. The fraction of sp³-hybridized carbons (Fsp3) is 0.278. The highest BCUT2D eigenvalue weighted by Gasteiger charge is 2.53. The molecule has 5 rings (SSSR count). The van der Waals surface area contributed by atoms with E-state index >= 15 is 0 Å². The highest BCUT2D eigenvalue weighted by molar-refractivity contribution is 9.10. The molecule has 1 heterocycles. The zero-order valence-electron chi connectivity index (χ0n) is 25.6. The lowest BCUT2D eigenvalue weighted by Crippen LogP contribution is -2.50. The molecule has 0 bridgehead atoms. The summed E-state index contributed by atoms with van der Waals surface area (Å²) in [6, 6.07) is 31.0. The van der Waals surface area contributed by atoms with Crippen LogP contribution >= 0.6 is 15.9 Å². The molecule has 10 heteroatoms. The largest absolute Gasteiger partial charge is 0.494 e. The van der Waals surface area contributed by atoms with E-state index in [4.69, 9.17) is 25.1 Å². The number of aliphatic hydroxyl groups excluding tert-OH is 1. The third-order valence-electron chi connectivity index (χ3n) is 7.91. The van der Waals surface area contributed by atoms with Crippen molar-refractivity contribution in [2.75, 3.05) is 19.8 Å². The summed E-state index contributed by atoms with van der Waals surface area (Å²) in [5.74, 6) is 0.744. The maximum atomic E-state index is 14.5. The molecule has 236 valence electrons. The van der Waals surface area contributed by atoms with Crippen molar-refractivity contribution in [1.29, 1.82) is 0 Å². The molecule has 1 aliphatic rings. The molecule has 0 aliphatic carbocycles. The van der Waals surface area contributed by atoms with Crippen molar-refractivity contribution in [2.45, 2.75) is 44.4 Å². The number of carbonyl (C=O) groups is 1. The van der Waals surface area contributed by atoms with E-state index in [2.05, 4.69) is 55.5 Å². The zero-order chi connectivity index (χ0) is 32.4. The minimum atomic E-state index is -1.38. The van der Waals surface area contributed by atoms with E-state index in [9.17, 15) is 4.79 Å². The summed E-state index contributed by atoms with van der Waals surface area (Å²) in [6.07, 6.45) is 0.665. The fourth-order valence-corrected chi connectivity index (χ4v) is 5.69. The number of hydrogen-bond donors (Lipinski definition) is 2. The first kappa shape index (κ1) is 32.8. The molecule has 1 amide bonds. The lowest BCUT2D eigenvalue weighted by molar-refractivity contribution is -0.128. The smallest absolute Gasteiger partial charge is 0.252 e. The molecule has 2 N–H and O–H groups in total. The summed E-state index contributed by atoms with van der Waals surface area (Å²) >= 11 is 3.52. The monoisotopic (exact) mass is 681 g/mol. The zero-order valence-corrected chi connectivity index (χ0v) is 27.2. The summed E-state index contributed by atoms with van der Waals surface area (Å²) in [4.78, 5) is 22.6. The number of hydrogen-bond acceptors (Lipinski definition) is 6. The van der Waals surface area contributed by atoms with Crippen LogP contribution in [0, 0.1) is 6.92 Å². The summed E-state index contributed by atoms with van der Waals surface area (Å²) < 4.78 is 13.3. The SMILES string of the molecule is Cc1ccc(CCNC(=O)[C@]2(Cc3ccccc3CN=[N+]=[N-])N=C(c3ccc(OCCCO)cc3)O[C@@H]2c2ccc(Br)cc2)cc1. The Kier molecular flexibility index (Phi) is 11.1. The normalized spacial score (nSPS) is 17.0. The molecule has 4 aromatic carbocycles. The standard InChI is InChI=1S/C36H36BrN5O4/c1-25-7-9-26(10-8-25)19-20-39-35(44)36(23-29-5-2-3-6-30(29)24-40-42-38)33(27-11-15-31(37)16-12-27)46-34(41-36)28-13-17-32(18-14-28)45-22-4-21-43/h2-3,5-18,33,43H,4,19-24H2,1H3,(H,39,44)/t33-,36-/m1/s1. The molecular weight excluding hydrogens is 646 g/mol. The van der Waals surface area contributed by atoms with Gasteiger partial charge in [0.2, 0.25) is 5.90 Å². The minimum Gasteiger partial charge on any atom is -0.494 e. The van der Waals surface area contributed by atoms with Crippen LogP contribution < -0.4 is 10.1 Å². The average Bonchev–Trinajstić information content (AvgIpc) is 3.46. The predicted molar refractivity (Wildman–Crippen MR) is 182 cm³/mol. The number of amides is 1. The van der Waals surface area contributed by atoms with E-state index in [1.807, 2.05) is 79.7 Å². The van der Waals surface area contributed by atoms with Gasteiger partial charge in [0, 0.05) is 40.9 Å². The van der Waals surface area contributed by atoms with Crippen LogP contribution in [0.5, 0.6) is 5.75 Å². The van der Waals surface area contributed by atoms with Crippen molar-refractivity contribution < 1.29 is 19.4 Å². The van der Waals surface area contributed by atoms with Crippen LogP contribution in [0.25, 0.3) is 10.4 Å². The minimum absolute atomic E-state index is 0.0569. The Morgan fingerprint density at radius 2 is 1.76 bits per heavy atom. The number of aryl methyl sites for hydroxylation is 1. The Balaban J connectivity index is 1.55. The van der Waals surface area contributed by atoms with Gasteiger partial charge in [0.25, 0.3) is 5.91 Å². The second-order valence-corrected chi connectivity index (χ2v) is 12.1. The number of aliphatic imine (C=N–C) groups is 1. The van der Waals surface area contributed by atoms with Crippen molar-refractivity contribution in [3.63, 3.8) is 0 Å². The number of nitrogens with one attached hydrogen (secondary N) is 1. The number of carbonyl (C=O) groups excluding carboxylic acids is 1. The van der Waals surface area contributed by atoms with Crippen LogP contribution in [0.2, 0.25) is 0 Å². The molecule has 0 fully saturated rings. The lowest BCUT2D eigenvalue weighted by atomic mass is 9.81. The fourth-order valence-electron chi connectivity index (χ4n) is 5.43.